The Kier molecular flexibility index (Phi) is 3.72. The fourth-order valence-electron chi connectivity index (χ4n) is 0.540. The van der Waals surface area contributed by atoms with Crippen LogP contribution in [-0.4, -0.2) is 4.98 Å². The van der Waals surface area contributed by atoms with E-state index in [1.165, 1.54) is 0 Å². The van der Waals surface area contributed by atoms with Gasteiger partial charge in [-0.05, 0) is 0 Å². The number of aromatic nitrogens is 1. The van der Waals surface area contributed by atoms with Crippen molar-refractivity contribution in [2.75, 3.05) is 0 Å². The molecular weight excluding hydrogens is 316 g/mol. The molecule has 1 heterocycles. The quantitative estimate of drug-likeness (QED) is 0.666. The molecule has 0 saturated carbocycles. The number of nitrogens with zero attached hydrogens (tertiary/aromatic N) is 1. The van der Waals surface area contributed by atoms with Crippen LogP contribution in [-0.2, 0) is 25.8 Å². The maximum atomic E-state index is 4.15. The van der Waals surface area contributed by atoms with E-state index in [2.05, 4.69) is 31.1 Å². The van der Waals surface area contributed by atoms with E-state index in [0.29, 0.717) is 0 Å². The van der Waals surface area contributed by atoms with Gasteiger partial charge >= 0.3 is 0 Å². The Balaban J connectivity index is 0.000000810. The molecule has 0 aliphatic carbocycles. The van der Waals surface area contributed by atoms with Gasteiger partial charge in [-0.25, -0.2) is 0 Å². The molecule has 0 atom stereocenters. The predicted molar refractivity (Wildman–Crippen MR) is 39.7 cm³/mol. The van der Waals surface area contributed by atoms with Gasteiger partial charge in [-0.1, -0.05) is 37.4 Å². The molecule has 0 N–H and O–H groups in total. The molecule has 0 bridgehead atoms. The van der Waals surface area contributed by atoms with Gasteiger partial charge in [0.2, 0.25) is 0 Å². The van der Waals surface area contributed by atoms with Crippen LogP contribution in [0.5, 0.6) is 0 Å². The summed E-state index contributed by atoms with van der Waals surface area (Å²) >= 11 is 1.59. The summed E-state index contributed by atoms with van der Waals surface area (Å²) in [5.41, 5.74) is 0.199. The summed E-state index contributed by atoms with van der Waals surface area (Å²) in [6, 6.07) is 0. The van der Waals surface area contributed by atoms with Gasteiger partial charge in [0.25, 0.3) is 0 Å². The van der Waals surface area contributed by atoms with Gasteiger partial charge < -0.3 is 16.3 Å². The number of rotatable bonds is 0. The zero-order valence-electron chi connectivity index (χ0n) is 6.31. The minimum Gasteiger partial charge on any atom is -0.364 e. The third kappa shape index (κ3) is 2.50. The third-order valence-corrected chi connectivity index (χ3v) is 2.17. The van der Waals surface area contributed by atoms with Crippen molar-refractivity contribution in [3.63, 3.8) is 0 Å². The van der Waals surface area contributed by atoms with Crippen LogP contribution in [0.2, 0.25) is 0 Å². The van der Waals surface area contributed by atoms with Crippen LogP contribution in [0.25, 0.3) is 0 Å². The van der Waals surface area contributed by atoms with Crippen LogP contribution < -0.4 is 0 Å². The van der Waals surface area contributed by atoms with Crippen LogP contribution in [0, 0.1) is 5.38 Å². The Labute approximate surface area is 79.5 Å². The van der Waals surface area contributed by atoms with Gasteiger partial charge in [-0.2, -0.15) is 5.38 Å². The fraction of sp³-hybridized carbons (Fsp3) is 0.571. The average molecular weight is 326 g/mol. The van der Waals surface area contributed by atoms with E-state index >= 15 is 0 Å². The Morgan fingerprint density at radius 3 is 2.30 bits per heavy atom. The van der Waals surface area contributed by atoms with Crippen molar-refractivity contribution in [2.45, 2.75) is 26.2 Å². The Bertz CT molecular complexity index is 176. The molecular formula is C7H10NReS-. The van der Waals surface area contributed by atoms with E-state index in [-0.39, 0.29) is 25.8 Å². The van der Waals surface area contributed by atoms with E-state index in [4.69, 9.17) is 0 Å². The van der Waals surface area contributed by atoms with E-state index < -0.39 is 0 Å². The van der Waals surface area contributed by atoms with Gasteiger partial charge in [0.15, 0.2) is 0 Å². The zero-order valence-corrected chi connectivity index (χ0v) is 9.84. The molecule has 3 heteroatoms. The van der Waals surface area contributed by atoms with Gasteiger partial charge in [-0.3, -0.25) is 0 Å². The average Bonchev–Trinajstić information content (AvgIpc) is 2.08. The summed E-state index contributed by atoms with van der Waals surface area (Å²) in [5.74, 6) is 0. The molecule has 1 radical (unpaired) electrons. The number of hydrogen-bond acceptors (Lipinski definition) is 2. The fourth-order valence-corrected chi connectivity index (χ4v) is 1.17. The van der Waals surface area contributed by atoms with Gasteiger partial charge in [0.05, 0.1) is 0 Å². The third-order valence-electron chi connectivity index (χ3n) is 1.03. The molecule has 0 saturated heterocycles. The first-order chi connectivity index (χ1) is 4.11. The smallest absolute Gasteiger partial charge is 0 e. The zero-order chi connectivity index (χ0) is 6.91. The molecule has 10 heavy (non-hydrogen) atoms. The summed E-state index contributed by atoms with van der Waals surface area (Å²) in [6.07, 6.45) is 1.73. The predicted octanol–water partition coefficient (Wildman–Crippen LogP) is 2.24. The van der Waals surface area contributed by atoms with Crippen molar-refractivity contribution in [1.29, 1.82) is 0 Å². The molecule has 0 aromatic carbocycles. The molecule has 1 aromatic heterocycles. The topological polar surface area (TPSA) is 12.9 Å². The minimum atomic E-state index is 0. The number of hydrogen-bond donors (Lipinski definition) is 0. The molecule has 0 aliphatic rings. The minimum absolute atomic E-state index is 0. The Morgan fingerprint density at radius 1 is 1.50 bits per heavy atom. The van der Waals surface area contributed by atoms with Crippen LogP contribution in [0.15, 0.2) is 6.20 Å². The van der Waals surface area contributed by atoms with E-state index in [1.54, 1.807) is 17.5 Å². The maximum Gasteiger partial charge on any atom is 0 e. The van der Waals surface area contributed by atoms with E-state index in [1.807, 2.05) is 0 Å². The second-order valence-corrected chi connectivity index (χ2v) is 3.86. The van der Waals surface area contributed by atoms with Crippen molar-refractivity contribution in [3.8, 4) is 0 Å². The first-order valence-electron chi connectivity index (χ1n) is 2.93. The van der Waals surface area contributed by atoms with Crippen LogP contribution in [0.3, 0.4) is 0 Å². The normalized spacial score (nSPS) is 10.7. The second-order valence-electron chi connectivity index (χ2n) is 3.03. The SMILES string of the molecule is CC(C)(C)c1nc[c-]s1.[Re]. The summed E-state index contributed by atoms with van der Waals surface area (Å²) in [5, 5.41) is 4.12. The van der Waals surface area contributed by atoms with Crippen molar-refractivity contribution in [3.05, 3.63) is 16.6 Å². The van der Waals surface area contributed by atoms with Crippen LogP contribution in [0.4, 0.5) is 0 Å². The van der Waals surface area contributed by atoms with Gasteiger partial charge in [0.1, 0.15) is 0 Å². The molecule has 0 aliphatic heterocycles. The monoisotopic (exact) mass is 327 g/mol. The summed E-state index contributed by atoms with van der Waals surface area (Å²) in [7, 11) is 0. The van der Waals surface area contributed by atoms with Crippen molar-refractivity contribution in [1.82, 2.24) is 4.98 Å². The maximum absolute atomic E-state index is 4.15. The standard InChI is InChI=1S/C7H10NS.Re/c1-7(2,3)6-8-4-5-9-6;/h4H,1-3H3;/q-1;. The summed E-state index contributed by atoms with van der Waals surface area (Å²) in [6.45, 7) is 6.46. The summed E-state index contributed by atoms with van der Waals surface area (Å²) < 4.78 is 0. The Morgan fingerprint density at radius 2 is 2.10 bits per heavy atom. The summed E-state index contributed by atoms with van der Waals surface area (Å²) in [4.78, 5) is 4.15. The number of thiazole rings is 1. The van der Waals surface area contributed by atoms with Crippen molar-refractivity contribution >= 4 is 11.3 Å². The largest absolute Gasteiger partial charge is 0.364 e. The molecule has 0 amide bonds. The Hall–Kier alpha value is 0.292. The van der Waals surface area contributed by atoms with Crippen LogP contribution >= 0.6 is 11.3 Å². The first-order valence-corrected chi connectivity index (χ1v) is 3.75. The molecule has 57 valence electrons. The van der Waals surface area contributed by atoms with E-state index in [9.17, 15) is 0 Å². The van der Waals surface area contributed by atoms with Gasteiger partial charge in [-0.15, -0.1) is 0 Å². The van der Waals surface area contributed by atoms with Crippen molar-refractivity contribution in [2.24, 2.45) is 0 Å². The molecule has 0 unspecified atom stereocenters. The van der Waals surface area contributed by atoms with Crippen molar-refractivity contribution < 1.29 is 20.4 Å². The van der Waals surface area contributed by atoms with Crippen LogP contribution in [0.1, 0.15) is 25.8 Å². The second kappa shape index (κ2) is 3.62. The van der Waals surface area contributed by atoms with E-state index in [0.717, 1.165) is 5.01 Å². The molecule has 0 fully saturated rings. The molecule has 1 rings (SSSR count). The molecule has 1 nitrogen and oxygen atoms in total. The van der Waals surface area contributed by atoms with Gasteiger partial charge in [0, 0.05) is 20.4 Å². The molecule has 1 aromatic rings. The first kappa shape index (κ1) is 10.3. The molecule has 0 spiro atoms.